The van der Waals surface area contributed by atoms with Gasteiger partial charge in [0.2, 0.25) is 0 Å². The molecule has 0 aliphatic carbocycles. The van der Waals surface area contributed by atoms with Crippen molar-refractivity contribution in [3.8, 4) is 0 Å². The molecule has 1 aromatic carbocycles. The summed E-state index contributed by atoms with van der Waals surface area (Å²) in [5.74, 6) is -1.52. The second-order valence-corrected chi connectivity index (χ2v) is 4.37. The third kappa shape index (κ3) is 3.52. The lowest BCUT2D eigenvalue weighted by Crippen LogP contribution is -2.15. The summed E-state index contributed by atoms with van der Waals surface area (Å²) >= 11 is 8.92. The van der Waals surface area contributed by atoms with Crippen LogP contribution in [0.4, 0.5) is 0 Å². The van der Waals surface area contributed by atoms with E-state index >= 15 is 0 Å². The molecule has 0 amide bonds. The van der Waals surface area contributed by atoms with E-state index in [-0.39, 0.29) is 28.1 Å². The van der Waals surface area contributed by atoms with E-state index < -0.39 is 12.1 Å². The van der Waals surface area contributed by atoms with Crippen molar-refractivity contribution in [1.29, 1.82) is 0 Å². The zero-order valence-electron chi connectivity index (χ0n) is 8.69. The predicted molar refractivity (Wildman–Crippen MR) is 66.6 cm³/mol. The summed E-state index contributed by atoms with van der Waals surface area (Å²) in [5.41, 5.74) is 0.507. The van der Waals surface area contributed by atoms with Crippen molar-refractivity contribution in [2.45, 2.75) is 12.5 Å². The molecule has 0 heterocycles. The van der Waals surface area contributed by atoms with Gasteiger partial charge in [0.25, 0.3) is 0 Å². The molecule has 2 N–H and O–H groups in total. The van der Waals surface area contributed by atoms with Gasteiger partial charge in [-0.05, 0) is 17.2 Å². The number of carboxylic acid groups (broad SMARTS) is 1. The molecule has 0 aliphatic rings. The fourth-order valence-corrected chi connectivity index (χ4v) is 1.84. The molecule has 1 rings (SSSR count). The van der Waals surface area contributed by atoms with Crippen LogP contribution < -0.4 is 0 Å². The van der Waals surface area contributed by atoms with Crippen LogP contribution in [0.2, 0.25) is 5.02 Å². The quantitative estimate of drug-likeness (QED) is 0.813. The van der Waals surface area contributed by atoms with Crippen LogP contribution in [0.15, 0.2) is 18.2 Å². The molecule has 0 bridgehead atoms. The number of carbonyl (C=O) groups is 2. The minimum Gasteiger partial charge on any atom is -0.479 e. The largest absolute Gasteiger partial charge is 0.479 e. The molecule has 0 aliphatic heterocycles. The van der Waals surface area contributed by atoms with Crippen molar-refractivity contribution in [3.05, 3.63) is 34.3 Å². The molecular weight excluding hydrogens is 311 g/mol. The monoisotopic (exact) mass is 320 g/mol. The van der Waals surface area contributed by atoms with Crippen LogP contribution in [-0.2, 0) is 16.0 Å². The number of carboxylic acids is 1. The molecular formula is C11H10BrClO4. The standard InChI is InChI=1S/C11H10BrClO4/c12-5-6(14)4-8-7(10(15)11(16)17)2-1-3-9(8)13/h1-3,10,15H,4-5H2,(H,16,17). The minimum absolute atomic E-state index is 0.00933. The Morgan fingerprint density at radius 3 is 2.59 bits per heavy atom. The highest BCUT2D eigenvalue weighted by Crippen LogP contribution is 2.26. The van der Waals surface area contributed by atoms with E-state index in [9.17, 15) is 14.7 Å². The molecule has 0 radical (unpaired) electrons. The summed E-state index contributed by atoms with van der Waals surface area (Å²) in [6.07, 6.45) is -1.68. The van der Waals surface area contributed by atoms with E-state index in [1.54, 1.807) is 6.07 Å². The summed E-state index contributed by atoms with van der Waals surface area (Å²) in [5, 5.41) is 18.7. The van der Waals surface area contributed by atoms with Crippen molar-refractivity contribution < 1.29 is 19.8 Å². The summed E-state index contributed by atoms with van der Waals surface area (Å²) < 4.78 is 0. The first-order valence-corrected chi connectivity index (χ1v) is 6.23. The zero-order chi connectivity index (χ0) is 13.0. The molecule has 0 fully saturated rings. The summed E-state index contributed by atoms with van der Waals surface area (Å²) in [4.78, 5) is 22.1. The van der Waals surface area contributed by atoms with Crippen molar-refractivity contribution >= 4 is 39.3 Å². The maximum atomic E-state index is 11.3. The third-order valence-corrected chi connectivity index (χ3v) is 3.19. The van der Waals surface area contributed by atoms with Crippen molar-refractivity contribution in [2.24, 2.45) is 0 Å². The Hall–Kier alpha value is -0.910. The van der Waals surface area contributed by atoms with Gasteiger partial charge < -0.3 is 10.2 Å². The highest BCUT2D eigenvalue weighted by atomic mass is 79.9. The lowest BCUT2D eigenvalue weighted by atomic mass is 9.98. The fraction of sp³-hybridized carbons (Fsp3) is 0.273. The molecule has 92 valence electrons. The summed E-state index contributed by atoms with van der Waals surface area (Å²) in [7, 11) is 0. The van der Waals surface area contributed by atoms with E-state index in [1.807, 2.05) is 0 Å². The number of Topliss-reactive ketones (excluding diaryl/α,β-unsaturated/α-hetero) is 1. The van der Waals surface area contributed by atoms with Crippen LogP contribution in [0.3, 0.4) is 0 Å². The number of rotatable bonds is 5. The SMILES string of the molecule is O=C(CBr)Cc1c(Cl)cccc1C(O)C(=O)O. The van der Waals surface area contributed by atoms with Crippen molar-refractivity contribution in [3.63, 3.8) is 0 Å². The number of alkyl halides is 1. The molecule has 0 saturated heterocycles. The summed E-state index contributed by atoms with van der Waals surface area (Å²) in [6.45, 7) is 0. The van der Waals surface area contributed by atoms with E-state index in [4.69, 9.17) is 16.7 Å². The number of halogens is 2. The number of carbonyl (C=O) groups excluding carboxylic acids is 1. The number of benzene rings is 1. The lowest BCUT2D eigenvalue weighted by molar-refractivity contribution is -0.147. The first kappa shape index (κ1) is 14.2. The topological polar surface area (TPSA) is 74.6 Å². The highest BCUT2D eigenvalue weighted by molar-refractivity contribution is 9.09. The van der Waals surface area contributed by atoms with Crippen molar-refractivity contribution in [1.82, 2.24) is 0 Å². The van der Waals surface area contributed by atoms with Gasteiger partial charge in [-0.15, -0.1) is 0 Å². The average Bonchev–Trinajstić information content (AvgIpc) is 2.30. The number of aliphatic hydroxyl groups is 1. The molecule has 1 atom stereocenters. The molecule has 0 aromatic heterocycles. The number of hydrogen-bond acceptors (Lipinski definition) is 3. The Morgan fingerprint density at radius 1 is 1.41 bits per heavy atom. The normalized spacial score (nSPS) is 12.2. The Labute approximate surface area is 111 Å². The second-order valence-electron chi connectivity index (χ2n) is 3.40. The first-order chi connectivity index (χ1) is 7.97. The molecule has 0 saturated carbocycles. The van der Waals surface area contributed by atoms with Gasteiger partial charge in [0.05, 0.1) is 5.33 Å². The molecule has 17 heavy (non-hydrogen) atoms. The van der Waals surface area contributed by atoms with Crippen LogP contribution in [0.1, 0.15) is 17.2 Å². The maximum absolute atomic E-state index is 11.3. The van der Waals surface area contributed by atoms with E-state index in [0.717, 1.165) is 0 Å². The van der Waals surface area contributed by atoms with Gasteiger partial charge in [-0.3, -0.25) is 4.79 Å². The van der Waals surface area contributed by atoms with Gasteiger partial charge in [-0.2, -0.15) is 0 Å². The lowest BCUT2D eigenvalue weighted by Gasteiger charge is -2.13. The Kier molecular flexibility index (Phi) is 5.11. The molecule has 0 spiro atoms. The molecule has 1 unspecified atom stereocenters. The Balaban J connectivity index is 3.17. The number of hydrogen-bond donors (Lipinski definition) is 2. The van der Waals surface area contributed by atoms with Gasteiger partial charge in [-0.1, -0.05) is 39.7 Å². The number of aliphatic carboxylic acids is 1. The first-order valence-electron chi connectivity index (χ1n) is 4.73. The summed E-state index contributed by atoms with van der Waals surface area (Å²) in [6, 6.07) is 4.53. The zero-order valence-corrected chi connectivity index (χ0v) is 11.0. The van der Waals surface area contributed by atoms with Gasteiger partial charge in [0.15, 0.2) is 6.10 Å². The van der Waals surface area contributed by atoms with E-state index in [1.165, 1.54) is 12.1 Å². The Morgan fingerprint density at radius 2 is 2.06 bits per heavy atom. The fourth-order valence-electron chi connectivity index (χ4n) is 1.40. The number of ketones is 1. The Bertz CT molecular complexity index is 447. The van der Waals surface area contributed by atoms with Crippen LogP contribution in [0.25, 0.3) is 0 Å². The minimum atomic E-state index is -1.67. The average molecular weight is 322 g/mol. The smallest absolute Gasteiger partial charge is 0.337 e. The third-order valence-electron chi connectivity index (χ3n) is 2.21. The highest BCUT2D eigenvalue weighted by Gasteiger charge is 2.21. The van der Waals surface area contributed by atoms with Crippen LogP contribution in [0, 0.1) is 0 Å². The maximum Gasteiger partial charge on any atom is 0.337 e. The van der Waals surface area contributed by atoms with E-state index in [0.29, 0.717) is 5.56 Å². The van der Waals surface area contributed by atoms with Crippen molar-refractivity contribution in [2.75, 3.05) is 5.33 Å². The molecule has 1 aromatic rings. The van der Waals surface area contributed by atoms with Gasteiger partial charge in [-0.25, -0.2) is 4.79 Å². The number of aliphatic hydroxyl groups excluding tert-OH is 1. The van der Waals surface area contributed by atoms with Crippen LogP contribution >= 0.6 is 27.5 Å². The van der Waals surface area contributed by atoms with Crippen LogP contribution in [-0.4, -0.2) is 27.3 Å². The molecule has 4 nitrogen and oxygen atoms in total. The van der Waals surface area contributed by atoms with Gasteiger partial charge in [0, 0.05) is 11.4 Å². The van der Waals surface area contributed by atoms with Crippen LogP contribution in [0.5, 0.6) is 0 Å². The predicted octanol–water partition coefficient (Wildman–Crippen LogP) is 1.96. The van der Waals surface area contributed by atoms with Gasteiger partial charge in [0.1, 0.15) is 5.78 Å². The second kappa shape index (κ2) is 6.14. The molecule has 6 heteroatoms. The van der Waals surface area contributed by atoms with E-state index in [2.05, 4.69) is 15.9 Å². The van der Waals surface area contributed by atoms with Gasteiger partial charge >= 0.3 is 5.97 Å².